The lowest BCUT2D eigenvalue weighted by Gasteiger charge is -2.25. The third-order valence-electron chi connectivity index (χ3n) is 5.82. The predicted octanol–water partition coefficient (Wildman–Crippen LogP) is 4.77. The molecule has 182 valence electrons. The van der Waals surface area contributed by atoms with Crippen LogP contribution in [0.25, 0.3) is 0 Å². The monoisotopic (exact) mass is 481 g/mol. The molecule has 0 saturated carbocycles. The molecule has 35 heavy (non-hydrogen) atoms. The number of ether oxygens (including phenoxy) is 2. The Balaban J connectivity index is 1.48. The number of hydrogen-bond donors (Lipinski definition) is 1. The van der Waals surface area contributed by atoms with Crippen LogP contribution in [0.4, 0.5) is 14.6 Å². The first-order valence-corrected chi connectivity index (χ1v) is 11.1. The largest absolute Gasteiger partial charge is 0.466 e. The average Bonchev–Trinajstić information content (AvgIpc) is 3.11. The second kappa shape index (κ2) is 10.6. The van der Waals surface area contributed by atoms with Gasteiger partial charge in [0.2, 0.25) is 5.91 Å². The van der Waals surface area contributed by atoms with E-state index in [4.69, 9.17) is 9.47 Å². The van der Waals surface area contributed by atoms with Crippen LogP contribution in [-0.2, 0) is 16.1 Å². The van der Waals surface area contributed by atoms with E-state index in [0.29, 0.717) is 22.7 Å². The van der Waals surface area contributed by atoms with E-state index in [-0.39, 0.29) is 54.9 Å². The fraction of sp³-hybridized carbons (Fsp3) is 0.269. The molecule has 1 aliphatic heterocycles. The molecule has 0 saturated heterocycles. The molecular formula is C26H25F2N3O4. The fourth-order valence-electron chi connectivity index (χ4n) is 4.13. The Hall–Kier alpha value is -3.85. The summed E-state index contributed by atoms with van der Waals surface area (Å²) in [5, 5.41) is 2.76. The van der Waals surface area contributed by atoms with Crippen molar-refractivity contribution in [2.45, 2.75) is 32.4 Å². The Labute approximate surface area is 201 Å². The molecule has 1 aliphatic rings. The number of anilines is 1. The third kappa shape index (κ3) is 5.46. The molecule has 9 heteroatoms. The zero-order valence-electron chi connectivity index (χ0n) is 19.4. The van der Waals surface area contributed by atoms with Crippen LogP contribution in [0.2, 0.25) is 0 Å². The zero-order chi connectivity index (χ0) is 24.9. The number of aromatic nitrogens is 1. The first-order valence-electron chi connectivity index (χ1n) is 11.1. The molecule has 1 N–H and O–H groups in total. The molecule has 2 amide bonds. The average molecular weight is 481 g/mol. The number of amides is 2. The van der Waals surface area contributed by atoms with Crippen molar-refractivity contribution in [2.24, 2.45) is 0 Å². The van der Waals surface area contributed by atoms with E-state index in [0.717, 1.165) is 0 Å². The molecule has 1 atom stereocenters. The number of benzene rings is 2. The molecule has 2 aromatic carbocycles. The maximum absolute atomic E-state index is 14.8. The highest BCUT2D eigenvalue weighted by atomic mass is 19.1. The number of methoxy groups -OCH3 is 1. The summed E-state index contributed by atoms with van der Waals surface area (Å²) in [5.74, 6) is -0.617. The van der Waals surface area contributed by atoms with E-state index in [1.165, 1.54) is 42.5 Å². The number of carbonyl (C=O) groups is 2. The SMILES string of the molecule is COCOc1cnc(NC(=O)CCC2c3c(F)cccc3C(=O)N2Cc2ccc(F)cc2)c(C)c1. The van der Waals surface area contributed by atoms with Crippen LogP contribution < -0.4 is 10.1 Å². The molecule has 3 aromatic rings. The normalized spacial score (nSPS) is 14.7. The van der Waals surface area contributed by atoms with E-state index in [9.17, 15) is 18.4 Å². The van der Waals surface area contributed by atoms with Gasteiger partial charge in [-0.15, -0.1) is 0 Å². The molecule has 0 fully saturated rings. The number of hydrogen-bond acceptors (Lipinski definition) is 5. The van der Waals surface area contributed by atoms with Crippen LogP contribution in [0.1, 0.15) is 45.9 Å². The summed E-state index contributed by atoms with van der Waals surface area (Å²) in [4.78, 5) is 31.5. The quantitative estimate of drug-likeness (QED) is 0.446. The smallest absolute Gasteiger partial charge is 0.255 e. The number of rotatable bonds is 9. The molecule has 0 bridgehead atoms. The summed E-state index contributed by atoms with van der Waals surface area (Å²) >= 11 is 0. The minimum Gasteiger partial charge on any atom is -0.466 e. The topological polar surface area (TPSA) is 80.8 Å². The van der Waals surface area contributed by atoms with Crippen LogP contribution in [0.3, 0.4) is 0 Å². The molecule has 2 heterocycles. The van der Waals surface area contributed by atoms with Crippen molar-refractivity contribution in [1.82, 2.24) is 9.88 Å². The summed E-state index contributed by atoms with van der Waals surface area (Å²) in [6, 6.07) is 11.3. The summed E-state index contributed by atoms with van der Waals surface area (Å²) in [5.41, 5.74) is 1.97. The van der Waals surface area contributed by atoms with Crippen LogP contribution in [0.15, 0.2) is 54.7 Å². The van der Waals surface area contributed by atoms with Crippen molar-refractivity contribution in [3.05, 3.63) is 88.6 Å². The lowest BCUT2D eigenvalue weighted by Crippen LogP contribution is -2.28. The number of halogens is 2. The lowest BCUT2D eigenvalue weighted by molar-refractivity contribution is -0.116. The predicted molar refractivity (Wildman–Crippen MR) is 125 cm³/mol. The molecular weight excluding hydrogens is 456 g/mol. The van der Waals surface area contributed by atoms with Crippen LogP contribution >= 0.6 is 0 Å². The van der Waals surface area contributed by atoms with Gasteiger partial charge in [0.25, 0.3) is 5.91 Å². The summed E-state index contributed by atoms with van der Waals surface area (Å²) < 4.78 is 38.3. The minimum atomic E-state index is -0.631. The summed E-state index contributed by atoms with van der Waals surface area (Å²) in [6.45, 7) is 2.04. The summed E-state index contributed by atoms with van der Waals surface area (Å²) in [6.07, 6.45) is 1.72. The number of fused-ring (bicyclic) bond motifs is 1. The van der Waals surface area contributed by atoms with Gasteiger partial charge >= 0.3 is 0 Å². The fourth-order valence-corrected chi connectivity index (χ4v) is 4.13. The van der Waals surface area contributed by atoms with E-state index in [2.05, 4.69) is 10.3 Å². The van der Waals surface area contributed by atoms with Crippen molar-refractivity contribution in [2.75, 3.05) is 19.2 Å². The van der Waals surface area contributed by atoms with E-state index in [1.807, 2.05) is 0 Å². The van der Waals surface area contributed by atoms with Crippen molar-refractivity contribution < 1.29 is 27.8 Å². The van der Waals surface area contributed by atoms with Gasteiger partial charge in [-0.05, 0) is 54.8 Å². The van der Waals surface area contributed by atoms with Crippen LogP contribution in [0.5, 0.6) is 5.75 Å². The van der Waals surface area contributed by atoms with Crippen molar-refractivity contribution in [1.29, 1.82) is 0 Å². The van der Waals surface area contributed by atoms with Gasteiger partial charge in [0.1, 0.15) is 23.2 Å². The van der Waals surface area contributed by atoms with Crippen molar-refractivity contribution in [3.63, 3.8) is 0 Å². The maximum atomic E-state index is 14.8. The highest BCUT2D eigenvalue weighted by molar-refractivity contribution is 5.99. The van der Waals surface area contributed by atoms with Gasteiger partial charge in [0, 0.05) is 31.2 Å². The highest BCUT2D eigenvalue weighted by Gasteiger charge is 2.38. The minimum absolute atomic E-state index is 0.0364. The second-order valence-corrected chi connectivity index (χ2v) is 8.25. The number of nitrogens with zero attached hydrogens (tertiary/aromatic N) is 2. The molecule has 1 unspecified atom stereocenters. The van der Waals surface area contributed by atoms with E-state index < -0.39 is 11.9 Å². The summed E-state index contributed by atoms with van der Waals surface area (Å²) in [7, 11) is 1.51. The van der Waals surface area contributed by atoms with Gasteiger partial charge in [-0.25, -0.2) is 13.8 Å². The first-order chi connectivity index (χ1) is 16.9. The molecule has 0 aliphatic carbocycles. The molecule has 0 radical (unpaired) electrons. The van der Waals surface area contributed by atoms with Gasteiger partial charge in [0.15, 0.2) is 6.79 Å². The van der Waals surface area contributed by atoms with Crippen LogP contribution in [0, 0.1) is 18.6 Å². The van der Waals surface area contributed by atoms with Crippen molar-refractivity contribution in [3.8, 4) is 5.75 Å². The Bertz CT molecular complexity index is 1230. The molecule has 0 spiro atoms. The lowest BCUT2D eigenvalue weighted by atomic mass is 9.99. The molecule has 7 nitrogen and oxygen atoms in total. The van der Waals surface area contributed by atoms with Crippen LogP contribution in [-0.4, -0.2) is 35.6 Å². The number of carbonyl (C=O) groups excluding carboxylic acids is 2. The first kappa shape index (κ1) is 24.3. The number of aryl methyl sites for hydroxylation is 1. The Morgan fingerprint density at radius 3 is 2.66 bits per heavy atom. The molecule has 1 aromatic heterocycles. The maximum Gasteiger partial charge on any atom is 0.255 e. The highest BCUT2D eigenvalue weighted by Crippen LogP contribution is 2.39. The molecule has 4 rings (SSSR count). The second-order valence-electron chi connectivity index (χ2n) is 8.25. The van der Waals surface area contributed by atoms with Gasteiger partial charge in [-0.1, -0.05) is 18.2 Å². The number of pyridine rings is 1. The van der Waals surface area contributed by atoms with Gasteiger partial charge in [0.05, 0.1) is 12.2 Å². The number of nitrogens with one attached hydrogen (secondary N) is 1. The van der Waals surface area contributed by atoms with Gasteiger partial charge in [-0.3, -0.25) is 9.59 Å². The van der Waals surface area contributed by atoms with Gasteiger partial charge < -0.3 is 19.7 Å². The van der Waals surface area contributed by atoms with Gasteiger partial charge in [-0.2, -0.15) is 0 Å². The zero-order valence-corrected chi connectivity index (χ0v) is 19.4. The Morgan fingerprint density at radius 2 is 1.94 bits per heavy atom. The van der Waals surface area contributed by atoms with Crippen molar-refractivity contribution >= 4 is 17.6 Å². The van der Waals surface area contributed by atoms with E-state index in [1.54, 1.807) is 31.2 Å². The Morgan fingerprint density at radius 1 is 1.17 bits per heavy atom. The van der Waals surface area contributed by atoms with E-state index >= 15 is 0 Å². The third-order valence-corrected chi connectivity index (χ3v) is 5.82. The standard InChI is InChI=1S/C26H25F2N3O4/c1-16-12-19(35-15-34-2)13-29-25(16)30-23(32)11-10-22-24-20(4-3-5-21(24)28)26(33)31(22)14-17-6-8-18(27)9-7-17/h3-9,12-13,22H,10-11,14-15H2,1-2H3,(H,29,30,32). The Kier molecular flexibility index (Phi) is 7.36.